The number of hydrogen-bond donors (Lipinski definition) is 2. The van der Waals surface area contributed by atoms with Gasteiger partial charge in [-0.05, 0) is 24.2 Å². The first-order valence-corrected chi connectivity index (χ1v) is 9.10. The van der Waals surface area contributed by atoms with Gasteiger partial charge in [-0.25, -0.2) is 0 Å². The van der Waals surface area contributed by atoms with Gasteiger partial charge < -0.3 is 15.2 Å². The molecule has 0 bridgehead atoms. The van der Waals surface area contributed by atoms with Crippen molar-refractivity contribution in [3.63, 3.8) is 0 Å². The molecule has 0 spiro atoms. The number of guanidine groups is 1. The van der Waals surface area contributed by atoms with Crippen molar-refractivity contribution in [2.45, 2.75) is 70.9 Å². The third-order valence-electron chi connectivity index (χ3n) is 5.24. The molecule has 2 fully saturated rings. The third kappa shape index (κ3) is 4.27. The Hall–Kier alpha value is -1.52. The van der Waals surface area contributed by atoms with Crippen molar-refractivity contribution in [2.75, 3.05) is 7.05 Å². The van der Waals surface area contributed by atoms with Crippen molar-refractivity contribution in [3.8, 4) is 0 Å². The summed E-state index contributed by atoms with van der Waals surface area (Å²) in [4.78, 5) is 4.34. The SMILES string of the molecule is CN=C(NCc1cc(C(C)C)no1)NC1CC1C1CCCCC1. The minimum Gasteiger partial charge on any atom is -0.359 e. The highest BCUT2D eigenvalue weighted by Crippen LogP contribution is 2.44. The van der Waals surface area contributed by atoms with E-state index in [9.17, 15) is 0 Å². The Balaban J connectivity index is 1.43. The Morgan fingerprint density at radius 3 is 2.78 bits per heavy atom. The second kappa shape index (κ2) is 7.37. The van der Waals surface area contributed by atoms with Crippen molar-refractivity contribution >= 4 is 5.96 Å². The molecule has 3 rings (SSSR count). The molecule has 2 aliphatic carbocycles. The van der Waals surface area contributed by atoms with Crippen LogP contribution < -0.4 is 10.6 Å². The van der Waals surface area contributed by atoms with Crippen LogP contribution in [0.1, 0.15) is 69.7 Å². The highest BCUT2D eigenvalue weighted by molar-refractivity contribution is 5.80. The van der Waals surface area contributed by atoms with Crippen LogP contribution in [0.25, 0.3) is 0 Å². The Labute approximate surface area is 139 Å². The summed E-state index contributed by atoms with van der Waals surface area (Å²) < 4.78 is 5.36. The van der Waals surface area contributed by atoms with Gasteiger partial charge in [0.25, 0.3) is 0 Å². The fraction of sp³-hybridized carbons (Fsp3) is 0.778. The van der Waals surface area contributed by atoms with Crippen LogP contribution in [0, 0.1) is 11.8 Å². The van der Waals surface area contributed by atoms with Crippen LogP contribution in [0.2, 0.25) is 0 Å². The molecule has 23 heavy (non-hydrogen) atoms. The highest BCUT2D eigenvalue weighted by Gasteiger charge is 2.43. The lowest BCUT2D eigenvalue weighted by Gasteiger charge is -2.22. The molecule has 0 amide bonds. The van der Waals surface area contributed by atoms with E-state index in [4.69, 9.17) is 4.52 Å². The predicted octanol–water partition coefficient (Wildman–Crippen LogP) is 3.43. The molecular weight excluding hydrogens is 288 g/mol. The van der Waals surface area contributed by atoms with Gasteiger partial charge >= 0.3 is 0 Å². The van der Waals surface area contributed by atoms with Gasteiger partial charge in [-0.1, -0.05) is 51.1 Å². The number of rotatable bonds is 5. The van der Waals surface area contributed by atoms with E-state index in [1.807, 2.05) is 13.1 Å². The second-order valence-electron chi connectivity index (χ2n) is 7.35. The minimum atomic E-state index is 0.396. The largest absolute Gasteiger partial charge is 0.359 e. The maximum absolute atomic E-state index is 5.36. The van der Waals surface area contributed by atoms with Gasteiger partial charge in [-0.3, -0.25) is 4.99 Å². The zero-order valence-electron chi connectivity index (χ0n) is 14.6. The first-order valence-electron chi connectivity index (χ1n) is 9.10. The summed E-state index contributed by atoms with van der Waals surface area (Å²) in [7, 11) is 1.83. The van der Waals surface area contributed by atoms with E-state index in [1.165, 1.54) is 38.5 Å². The normalized spacial score (nSPS) is 25.7. The predicted molar refractivity (Wildman–Crippen MR) is 92.4 cm³/mol. The molecule has 1 aromatic heterocycles. The van der Waals surface area contributed by atoms with Gasteiger partial charge in [0.05, 0.1) is 12.2 Å². The maximum Gasteiger partial charge on any atom is 0.191 e. The monoisotopic (exact) mass is 318 g/mol. The Bertz CT molecular complexity index is 531. The molecule has 1 aromatic rings. The van der Waals surface area contributed by atoms with E-state index in [1.54, 1.807) is 0 Å². The maximum atomic E-state index is 5.36. The van der Waals surface area contributed by atoms with Crippen LogP contribution in [0.5, 0.6) is 0 Å². The van der Waals surface area contributed by atoms with Crippen LogP contribution in [0.4, 0.5) is 0 Å². The topological polar surface area (TPSA) is 62.5 Å². The van der Waals surface area contributed by atoms with Crippen molar-refractivity contribution in [1.29, 1.82) is 0 Å². The number of nitrogens with one attached hydrogen (secondary N) is 2. The van der Waals surface area contributed by atoms with E-state index >= 15 is 0 Å². The Morgan fingerprint density at radius 1 is 1.35 bits per heavy atom. The standard InChI is InChI=1S/C18H30N4O/c1-12(2)16-9-14(23-22-16)11-20-18(19-3)21-17-10-15(17)13-7-5-4-6-8-13/h9,12-13,15,17H,4-8,10-11H2,1-3H3,(H2,19,20,21). The second-order valence-corrected chi connectivity index (χ2v) is 7.35. The van der Waals surface area contributed by atoms with Gasteiger partial charge in [0.15, 0.2) is 11.7 Å². The number of nitrogens with zero attached hydrogens (tertiary/aromatic N) is 2. The van der Waals surface area contributed by atoms with Crippen molar-refractivity contribution in [1.82, 2.24) is 15.8 Å². The van der Waals surface area contributed by atoms with Gasteiger partial charge in [-0.2, -0.15) is 0 Å². The lowest BCUT2D eigenvalue weighted by atomic mass is 9.85. The molecule has 1 heterocycles. The lowest BCUT2D eigenvalue weighted by molar-refractivity contribution is 0.315. The van der Waals surface area contributed by atoms with Crippen molar-refractivity contribution < 1.29 is 4.52 Å². The molecule has 2 atom stereocenters. The zero-order chi connectivity index (χ0) is 16.2. The molecule has 5 nitrogen and oxygen atoms in total. The van der Waals surface area contributed by atoms with Crippen molar-refractivity contribution in [2.24, 2.45) is 16.8 Å². The molecule has 0 saturated heterocycles. The van der Waals surface area contributed by atoms with Gasteiger partial charge in [-0.15, -0.1) is 0 Å². The van der Waals surface area contributed by atoms with Crippen LogP contribution in [0.3, 0.4) is 0 Å². The molecule has 2 N–H and O–H groups in total. The summed E-state index contributed by atoms with van der Waals surface area (Å²) in [5.74, 6) is 3.91. The summed E-state index contributed by atoms with van der Waals surface area (Å²) in [6, 6.07) is 2.62. The quantitative estimate of drug-likeness (QED) is 0.645. The first-order chi connectivity index (χ1) is 11.2. The van der Waals surface area contributed by atoms with Gasteiger partial charge in [0.2, 0.25) is 0 Å². The van der Waals surface area contributed by atoms with E-state index < -0.39 is 0 Å². The fourth-order valence-electron chi connectivity index (χ4n) is 3.69. The van der Waals surface area contributed by atoms with Crippen LogP contribution in [-0.4, -0.2) is 24.2 Å². The summed E-state index contributed by atoms with van der Waals surface area (Å²) in [6.07, 6.45) is 8.41. The average molecular weight is 318 g/mol. The fourth-order valence-corrected chi connectivity index (χ4v) is 3.69. The van der Waals surface area contributed by atoms with E-state index in [-0.39, 0.29) is 0 Å². The van der Waals surface area contributed by atoms with Gasteiger partial charge in [0.1, 0.15) is 0 Å². The lowest BCUT2D eigenvalue weighted by Crippen LogP contribution is -2.39. The van der Waals surface area contributed by atoms with Crippen molar-refractivity contribution in [3.05, 3.63) is 17.5 Å². The average Bonchev–Trinajstić information content (AvgIpc) is 3.17. The minimum absolute atomic E-state index is 0.396. The number of aliphatic imine (C=N–C) groups is 1. The van der Waals surface area contributed by atoms with Gasteiger partial charge in [0, 0.05) is 19.2 Å². The summed E-state index contributed by atoms with van der Waals surface area (Å²) in [5, 5.41) is 11.0. The number of hydrogen-bond acceptors (Lipinski definition) is 3. The molecule has 2 unspecified atom stereocenters. The number of aromatic nitrogens is 1. The zero-order valence-corrected chi connectivity index (χ0v) is 14.6. The summed E-state index contributed by atoms with van der Waals surface area (Å²) in [5.41, 5.74) is 1.00. The van der Waals surface area contributed by atoms with Crippen LogP contribution in [0.15, 0.2) is 15.6 Å². The molecule has 2 saturated carbocycles. The molecule has 128 valence electrons. The van der Waals surface area contributed by atoms with E-state index in [2.05, 4.69) is 34.6 Å². The Morgan fingerprint density at radius 2 is 2.13 bits per heavy atom. The molecular formula is C18H30N4O. The molecule has 2 aliphatic rings. The molecule has 0 aliphatic heterocycles. The van der Waals surface area contributed by atoms with E-state index in [0.29, 0.717) is 18.5 Å². The van der Waals surface area contributed by atoms with Crippen LogP contribution in [-0.2, 0) is 6.54 Å². The van der Waals surface area contributed by atoms with Crippen LogP contribution >= 0.6 is 0 Å². The smallest absolute Gasteiger partial charge is 0.191 e. The molecule has 0 aromatic carbocycles. The van der Waals surface area contributed by atoms with E-state index in [0.717, 1.165) is 29.2 Å². The first kappa shape index (κ1) is 16.3. The summed E-state index contributed by atoms with van der Waals surface area (Å²) in [6.45, 7) is 4.86. The molecule has 5 heteroatoms. The third-order valence-corrected chi connectivity index (χ3v) is 5.24. The molecule has 0 radical (unpaired) electrons. The highest BCUT2D eigenvalue weighted by atomic mass is 16.5. The Kier molecular flexibility index (Phi) is 5.23. The summed E-state index contributed by atoms with van der Waals surface area (Å²) >= 11 is 0.